The van der Waals surface area contributed by atoms with Crippen molar-refractivity contribution >= 4 is 28.9 Å². The number of pyridine rings is 1. The van der Waals surface area contributed by atoms with Gasteiger partial charge in [0.15, 0.2) is 0 Å². The van der Waals surface area contributed by atoms with Crippen LogP contribution in [0.5, 0.6) is 0 Å². The molecule has 6 nitrogen and oxygen atoms in total. The van der Waals surface area contributed by atoms with Crippen molar-refractivity contribution in [1.82, 2.24) is 9.97 Å². The number of hydrogen-bond donors (Lipinski definition) is 2. The molecule has 0 atom stereocenters. The van der Waals surface area contributed by atoms with Gasteiger partial charge in [0.1, 0.15) is 11.4 Å². The predicted molar refractivity (Wildman–Crippen MR) is 61.3 cm³/mol. The third kappa shape index (κ3) is 2.64. The fourth-order valence-corrected chi connectivity index (χ4v) is 1.65. The van der Waals surface area contributed by atoms with E-state index < -0.39 is 5.97 Å². The monoisotopic (exact) mass is 249 g/mol. The van der Waals surface area contributed by atoms with Gasteiger partial charge in [-0.3, -0.25) is 4.79 Å². The Bertz CT molecular complexity index is 536. The molecule has 17 heavy (non-hydrogen) atoms. The van der Waals surface area contributed by atoms with Crippen LogP contribution in [0.3, 0.4) is 0 Å². The lowest BCUT2D eigenvalue weighted by Gasteiger charge is -2.02. The van der Waals surface area contributed by atoms with Crippen molar-refractivity contribution in [1.29, 1.82) is 0 Å². The lowest BCUT2D eigenvalue weighted by atomic mass is 10.3. The van der Waals surface area contributed by atoms with Gasteiger partial charge in [0.2, 0.25) is 0 Å². The van der Waals surface area contributed by atoms with Gasteiger partial charge in [0, 0.05) is 5.38 Å². The summed E-state index contributed by atoms with van der Waals surface area (Å²) in [5, 5.41) is 12.8. The van der Waals surface area contributed by atoms with Crippen LogP contribution >= 0.6 is 11.3 Å². The van der Waals surface area contributed by atoms with E-state index in [1.807, 2.05) is 0 Å². The van der Waals surface area contributed by atoms with Crippen molar-refractivity contribution in [2.75, 3.05) is 5.32 Å². The summed E-state index contributed by atoms with van der Waals surface area (Å²) in [6.07, 6.45) is 1.29. The Labute approximate surface area is 100.0 Å². The van der Waals surface area contributed by atoms with Crippen LogP contribution in [0.25, 0.3) is 0 Å². The predicted octanol–water partition coefficient (Wildman–Crippen LogP) is 1.49. The van der Waals surface area contributed by atoms with Crippen LogP contribution < -0.4 is 5.32 Å². The van der Waals surface area contributed by atoms with Crippen LogP contribution in [-0.2, 0) is 0 Å². The maximum absolute atomic E-state index is 11.6. The van der Waals surface area contributed by atoms with Crippen LogP contribution in [0.2, 0.25) is 0 Å². The number of carboxylic acids is 1. The zero-order valence-electron chi connectivity index (χ0n) is 8.45. The molecule has 0 aromatic carbocycles. The second-order valence-electron chi connectivity index (χ2n) is 3.07. The Morgan fingerprint density at radius 1 is 1.24 bits per heavy atom. The minimum absolute atomic E-state index is 0.0725. The minimum atomic E-state index is -1.11. The van der Waals surface area contributed by atoms with Crippen molar-refractivity contribution in [3.8, 4) is 0 Å². The molecule has 0 fully saturated rings. The number of anilines is 1. The van der Waals surface area contributed by atoms with E-state index in [1.165, 1.54) is 29.7 Å². The molecule has 0 aliphatic carbocycles. The molecule has 0 saturated carbocycles. The zero-order valence-corrected chi connectivity index (χ0v) is 9.27. The Morgan fingerprint density at radius 3 is 2.59 bits per heavy atom. The zero-order chi connectivity index (χ0) is 12.3. The number of thiazole rings is 1. The Hall–Kier alpha value is -2.28. The molecule has 0 bridgehead atoms. The van der Waals surface area contributed by atoms with Gasteiger partial charge >= 0.3 is 5.97 Å². The van der Waals surface area contributed by atoms with E-state index in [4.69, 9.17) is 5.11 Å². The number of carbonyl (C=O) groups is 2. The molecule has 0 saturated heterocycles. The van der Waals surface area contributed by atoms with Gasteiger partial charge in [0.05, 0.1) is 17.4 Å². The summed E-state index contributed by atoms with van der Waals surface area (Å²) in [5.74, 6) is -1.46. The molecule has 2 aromatic heterocycles. The first-order chi connectivity index (χ1) is 8.16. The molecule has 1 amide bonds. The van der Waals surface area contributed by atoms with Gasteiger partial charge in [-0.15, -0.1) is 11.3 Å². The molecular weight excluding hydrogens is 242 g/mol. The lowest BCUT2D eigenvalue weighted by Crippen LogP contribution is -2.12. The summed E-state index contributed by atoms with van der Waals surface area (Å²) in [4.78, 5) is 29.7. The first kappa shape index (κ1) is 11.2. The maximum Gasteiger partial charge on any atom is 0.354 e. The number of nitrogens with one attached hydrogen (secondary N) is 1. The molecule has 0 radical (unpaired) electrons. The van der Waals surface area contributed by atoms with E-state index in [-0.39, 0.29) is 11.6 Å². The number of aromatic carboxylic acids is 1. The third-order valence-corrected chi connectivity index (χ3v) is 2.49. The fourth-order valence-electron chi connectivity index (χ4n) is 1.11. The van der Waals surface area contributed by atoms with Gasteiger partial charge in [-0.2, -0.15) is 0 Å². The smallest absolute Gasteiger partial charge is 0.354 e. The molecule has 2 aromatic rings. The highest BCUT2D eigenvalue weighted by Crippen LogP contribution is 2.09. The fraction of sp³-hybridized carbons (Fsp3) is 0. The molecule has 0 unspecified atom stereocenters. The van der Waals surface area contributed by atoms with E-state index in [0.29, 0.717) is 11.4 Å². The van der Waals surface area contributed by atoms with Crippen molar-refractivity contribution in [2.45, 2.75) is 0 Å². The number of nitrogens with zero attached hydrogens (tertiary/aromatic N) is 2. The van der Waals surface area contributed by atoms with Gasteiger partial charge < -0.3 is 10.4 Å². The van der Waals surface area contributed by atoms with Crippen molar-refractivity contribution in [3.05, 3.63) is 40.6 Å². The summed E-state index contributed by atoms with van der Waals surface area (Å²) in [7, 11) is 0. The van der Waals surface area contributed by atoms with E-state index in [9.17, 15) is 9.59 Å². The summed E-state index contributed by atoms with van der Waals surface area (Å²) in [6.45, 7) is 0. The highest BCUT2D eigenvalue weighted by atomic mass is 32.1. The largest absolute Gasteiger partial charge is 0.477 e. The van der Waals surface area contributed by atoms with Crippen molar-refractivity contribution in [2.24, 2.45) is 0 Å². The minimum Gasteiger partial charge on any atom is -0.477 e. The summed E-state index contributed by atoms with van der Waals surface area (Å²) >= 11 is 1.32. The first-order valence-electron chi connectivity index (χ1n) is 4.55. The van der Waals surface area contributed by atoms with Gasteiger partial charge in [-0.1, -0.05) is 0 Å². The molecule has 2 N–H and O–H groups in total. The number of carbonyl (C=O) groups excluding carboxylic acids is 1. The van der Waals surface area contributed by atoms with E-state index in [1.54, 1.807) is 10.9 Å². The molecule has 0 aliphatic rings. The van der Waals surface area contributed by atoms with Crippen molar-refractivity contribution in [3.63, 3.8) is 0 Å². The second-order valence-corrected chi connectivity index (χ2v) is 3.78. The summed E-state index contributed by atoms with van der Waals surface area (Å²) in [5.41, 5.74) is 2.22. The van der Waals surface area contributed by atoms with Crippen LogP contribution in [0.4, 0.5) is 5.69 Å². The third-order valence-electron chi connectivity index (χ3n) is 1.91. The van der Waals surface area contributed by atoms with Crippen LogP contribution in [-0.4, -0.2) is 27.0 Å². The lowest BCUT2D eigenvalue weighted by molar-refractivity contribution is 0.0690. The molecule has 86 valence electrons. The molecule has 0 spiro atoms. The van der Waals surface area contributed by atoms with E-state index in [0.717, 1.165) is 0 Å². The number of hydrogen-bond acceptors (Lipinski definition) is 5. The standard InChI is InChI=1S/C10H7N3O3S/c14-9(8-4-17-5-12-8)13-6-1-2-7(10(15)16)11-3-6/h1-5H,(H,13,14)(H,15,16). The molecule has 2 rings (SSSR count). The number of amides is 1. The topological polar surface area (TPSA) is 92.2 Å². The highest BCUT2D eigenvalue weighted by molar-refractivity contribution is 7.07. The number of aromatic nitrogens is 2. The number of rotatable bonds is 3. The average Bonchev–Trinajstić information content (AvgIpc) is 2.83. The van der Waals surface area contributed by atoms with Gasteiger partial charge in [-0.05, 0) is 12.1 Å². The van der Waals surface area contributed by atoms with E-state index >= 15 is 0 Å². The average molecular weight is 249 g/mol. The first-order valence-corrected chi connectivity index (χ1v) is 5.50. The molecule has 0 aliphatic heterocycles. The van der Waals surface area contributed by atoms with Crippen LogP contribution in [0.1, 0.15) is 21.0 Å². The Balaban J connectivity index is 2.09. The maximum atomic E-state index is 11.6. The molecule has 7 heteroatoms. The van der Waals surface area contributed by atoms with E-state index in [2.05, 4.69) is 15.3 Å². The SMILES string of the molecule is O=C(O)c1ccc(NC(=O)c2cscn2)cn1. The highest BCUT2D eigenvalue weighted by Gasteiger charge is 2.09. The summed E-state index contributed by atoms with van der Waals surface area (Å²) in [6, 6.07) is 2.79. The second kappa shape index (κ2) is 4.71. The summed E-state index contributed by atoms with van der Waals surface area (Å²) < 4.78 is 0. The quantitative estimate of drug-likeness (QED) is 0.859. The van der Waals surface area contributed by atoms with Gasteiger partial charge in [0.25, 0.3) is 5.91 Å². The van der Waals surface area contributed by atoms with Crippen molar-refractivity contribution < 1.29 is 14.7 Å². The van der Waals surface area contributed by atoms with Crippen LogP contribution in [0, 0.1) is 0 Å². The Morgan fingerprint density at radius 2 is 2.06 bits per heavy atom. The van der Waals surface area contributed by atoms with Gasteiger partial charge in [-0.25, -0.2) is 14.8 Å². The normalized spacial score (nSPS) is 9.88. The molecular formula is C10H7N3O3S. The number of carboxylic acid groups (broad SMARTS) is 1. The Kier molecular flexibility index (Phi) is 3.10. The molecule has 2 heterocycles. The van der Waals surface area contributed by atoms with Crippen LogP contribution in [0.15, 0.2) is 29.2 Å².